The van der Waals surface area contributed by atoms with Crippen LogP contribution in [-0.2, 0) is 0 Å². The van der Waals surface area contributed by atoms with E-state index in [1.165, 1.54) is 37.4 Å². The maximum Gasteiger partial charge on any atom is 0.387 e. The molecule has 0 atom stereocenters. The third-order valence-corrected chi connectivity index (χ3v) is 3.77. The second-order valence-corrected chi connectivity index (χ2v) is 5.72. The number of hydrogen-bond donors (Lipinski definition) is 2. The highest BCUT2D eigenvalue weighted by Crippen LogP contribution is 2.29. The van der Waals surface area contributed by atoms with Crippen LogP contribution in [0.3, 0.4) is 0 Å². The summed E-state index contributed by atoms with van der Waals surface area (Å²) in [6.45, 7) is -1.20. The Morgan fingerprint density at radius 1 is 0.964 bits per heavy atom. The van der Waals surface area contributed by atoms with E-state index in [9.17, 15) is 22.8 Å². The summed E-state index contributed by atoms with van der Waals surface area (Å²) in [5.41, 5.74) is 0.781. The number of amides is 2. The highest BCUT2D eigenvalue weighted by Gasteiger charge is 2.14. The van der Waals surface area contributed by atoms with Gasteiger partial charge in [0.15, 0.2) is 11.5 Å². The molecular formula is C19H19F3N2O4. The molecule has 0 aromatic heterocycles. The van der Waals surface area contributed by atoms with Gasteiger partial charge in [-0.25, -0.2) is 4.39 Å². The Hall–Kier alpha value is -3.23. The number of benzene rings is 2. The normalized spacial score (nSPS) is 10.5. The van der Waals surface area contributed by atoms with E-state index < -0.39 is 24.2 Å². The molecule has 2 rings (SSSR count). The lowest BCUT2D eigenvalue weighted by Crippen LogP contribution is -2.34. The van der Waals surface area contributed by atoms with Gasteiger partial charge in [0.05, 0.1) is 7.11 Å². The first-order valence-electron chi connectivity index (χ1n) is 8.27. The summed E-state index contributed by atoms with van der Waals surface area (Å²) in [7, 11) is 1.26. The molecule has 0 saturated carbocycles. The molecule has 2 aromatic carbocycles. The van der Waals surface area contributed by atoms with Crippen LogP contribution >= 0.6 is 0 Å². The maximum atomic E-state index is 13.5. The largest absolute Gasteiger partial charge is 0.493 e. The number of carbonyl (C=O) groups is 2. The minimum atomic E-state index is -3.01. The Kier molecular flexibility index (Phi) is 7.25. The Morgan fingerprint density at radius 2 is 1.54 bits per heavy atom. The van der Waals surface area contributed by atoms with Gasteiger partial charge in [0, 0.05) is 24.2 Å². The Labute approximate surface area is 159 Å². The number of aryl methyl sites for hydroxylation is 1. The van der Waals surface area contributed by atoms with Gasteiger partial charge >= 0.3 is 6.61 Å². The van der Waals surface area contributed by atoms with Gasteiger partial charge in [-0.15, -0.1) is 0 Å². The fraction of sp³-hybridized carbons (Fsp3) is 0.263. The average molecular weight is 396 g/mol. The van der Waals surface area contributed by atoms with Crippen LogP contribution in [0.4, 0.5) is 13.2 Å². The van der Waals surface area contributed by atoms with Crippen LogP contribution in [0.5, 0.6) is 11.5 Å². The molecule has 0 aliphatic heterocycles. The molecule has 2 aromatic rings. The predicted octanol–water partition coefficient (Wildman–Crippen LogP) is 2.90. The number of carbonyl (C=O) groups excluding carboxylic acids is 2. The highest BCUT2D eigenvalue weighted by molar-refractivity contribution is 5.95. The van der Waals surface area contributed by atoms with Gasteiger partial charge in [0.25, 0.3) is 11.8 Å². The first-order valence-corrected chi connectivity index (χ1v) is 8.27. The summed E-state index contributed by atoms with van der Waals surface area (Å²) >= 11 is 0. The monoisotopic (exact) mass is 396 g/mol. The van der Waals surface area contributed by atoms with E-state index in [2.05, 4.69) is 15.4 Å². The molecule has 0 unspecified atom stereocenters. The summed E-state index contributed by atoms with van der Waals surface area (Å²) in [4.78, 5) is 24.1. The smallest absolute Gasteiger partial charge is 0.387 e. The topological polar surface area (TPSA) is 76.7 Å². The van der Waals surface area contributed by atoms with Crippen molar-refractivity contribution in [1.29, 1.82) is 0 Å². The molecule has 0 spiro atoms. The number of methoxy groups -OCH3 is 1. The molecule has 2 N–H and O–H groups in total. The van der Waals surface area contributed by atoms with Gasteiger partial charge in [-0.2, -0.15) is 8.78 Å². The van der Waals surface area contributed by atoms with Crippen LogP contribution < -0.4 is 20.1 Å². The van der Waals surface area contributed by atoms with E-state index in [-0.39, 0.29) is 35.7 Å². The zero-order valence-corrected chi connectivity index (χ0v) is 15.2. The van der Waals surface area contributed by atoms with Crippen LogP contribution in [0.15, 0.2) is 36.4 Å². The van der Waals surface area contributed by atoms with Crippen molar-refractivity contribution in [2.75, 3.05) is 20.2 Å². The summed E-state index contributed by atoms with van der Waals surface area (Å²) in [6, 6.07) is 7.92. The second kappa shape index (κ2) is 9.63. The lowest BCUT2D eigenvalue weighted by molar-refractivity contribution is -0.0512. The molecule has 0 heterocycles. The molecular weight excluding hydrogens is 377 g/mol. The predicted molar refractivity (Wildman–Crippen MR) is 95.4 cm³/mol. The van der Waals surface area contributed by atoms with Gasteiger partial charge in [0.1, 0.15) is 5.82 Å². The van der Waals surface area contributed by atoms with E-state index in [0.717, 1.165) is 6.07 Å². The minimum Gasteiger partial charge on any atom is -0.493 e. The van der Waals surface area contributed by atoms with Crippen molar-refractivity contribution in [2.24, 2.45) is 0 Å². The SMILES string of the molecule is COc1cc(C(=O)NCCNC(=O)c2ccc(C)c(F)c2)ccc1OC(F)F. The van der Waals surface area contributed by atoms with Crippen molar-refractivity contribution in [2.45, 2.75) is 13.5 Å². The quantitative estimate of drug-likeness (QED) is 0.673. The standard InChI is InChI=1S/C19H19F3N2O4/c1-11-3-4-12(9-14(11)20)17(25)23-7-8-24-18(26)13-5-6-15(28-19(21)22)16(10-13)27-2/h3-6,9-10,19H,7-8H2,1-2H3,(H,23,25)(H,24,26). The second-order valence-electron chi connectivity index (χ2n) is 5.72. The van der Waals surface area contributed by atoms with Gasteiger partial charge in [-0.05, 0) is 42.8 Å². The molecule has 0 aliphatic rings. The van der Waals surface area contributed by atoms with E-state index >= 15 is 0 Å². The number of ether oxygens (including phenoxy) is 2. The molecule has 0 fully saturated rings. The number of rotatable bonds is 8. The Morgan fingerprint density at radius 3 is 2.07 bits per heavy atom. The van der Waals surface area contributed by atoms with Crippen LogP contribution in [0.1, 0.15) is 26.3 Å². The van der Waals surface area contributed by atoms with Crippen LogP contribution in [0, 0.1) is 12.7 Å². The number of nitrogens with one attached hydrogen (secondary N) is 2. The average Bonchev–Trinajstić information content (AvgIpc) is 2.66. The van der Waals surface area contributed by atoms with E-state index in [1.54, 1.807) is 6.92 Å². The van der Waals surface area contributed by atoms with Crippen molar-refractivity contribution < 1.29 is 32.2 Å². The molecule has 6 nitrogen and oxygen atoms in total. The summed E-state index contributed by atoms with van der Waals surface area (Å²) in [5, 5.41) is 5.12. The molecule has 0 radical (unpaired) electrons. The number of alkyl halides is 2. The molecule has 0 saturated heterocycles. The van der Waals surface area contributed by atoms with E-state index in [4.69, 9.17) is 4.74 Å². The zero-order valence-electron chi connectivity index (χ0n) is 15.2. The maximum absolute atomic E-state index is 13.5. The summed E-state index contributed by atoms with van der Waals surface area (Å²) in [6.07, 6.45) is 0. The van der Waals surface area contributed by atoms with Crippen molar-refractivity contribution in [3.8, 4) is 11.5 Å². The van der Waals surface area contributed by atoms with Crippen molar-refractivity contribution in [3.63, 3.8) is 0 Å². The van der Waals surface area contributed by atoms with Gasteiger partial charge < -0.3 is 20.1 Å². The minimum absolute atomic E-state index is 0.0114. The molecule has 150 valence electrons. The third kappa shape index (κ3) is 5.63. The van der Waals surface area contributed by atoms with Crippen molar-refractivity contribution >= 4 is 11.8 Å². The molecule has 9 heteroatoms. The fourth-order valence-corrected chi connectivity index (χ4v) is 2.29. The molecule has 28 heavy (non-hydrogen) atoms. The summed E-state index contributed by atoms with van der Waals surface area (Å²) in [5.74, 6) is -1.63. The Balaban J connectivity index is 1.86. The van der Waals surface area contributed by atoms with Gasteiger partial charge in [-0.3, -0.25) is 9.59 Å². The Bertz CT molecular complexity index is 859. The first-order chi connectivity index (χ1) is 13.3. The third-order valence-electron chi connectivity index (χ3n) is 3.77. The van der Waals surface area contributed by atoms with Crippen LogP contribution in [-0.4, -0.2) is 38.6 Å². The lowest BCUT2D eigenvalue weighted by atomic mass is 10.1. The highest BCUT2D eigenvalue weighted by atomic mass is 19.3. The van der Waals surface area contributed by atoms with Crippen molar-refractivity contribution in [1.82, 2.24) is 10.6 Å². The molecule has 2 amide bonds. The molecule has 0 bridgehead atoms. The van der Waals surface area contributed by atoms with Crippen LogP contribution in [0.2, 0.25) is 0 Å². The van der Waals surface area contributed by atoms with Crippen LogP contribution in [0.25, 0.3) is 0 Å². The zero-order chi connectivity index (χ0) is 20.7. The molecule has 0 aliphatic carbocycles. The fourth-order valence-electron chi connectivity index (χ4n) is 2.29. The van der Waals surface area contributed by atoms with E-state index in [1.807, 2.05) is 0 Å². The number of hydrogen-bond acceptors (Lipinski definition) is 4. The summed E-state index contributed by atoms with van der Waals surface area (Å²) < 4.78 is 47.3. The lowest BCUT2D eigenvalue weighted by Gasteiger charge is -2.12. The van der Waals surface area contributed by atoms with E-state index in [0.29, 0.717) is 5.56 Å². The van der Waals surface area contributed by atoms with Crippen molar-refractivity contribution in [3.05, 3.63) is 58.9 Å². The first kappa shape index (κ1) is 21.1. The number of halogens is 3. The van der Waals surface area contributed by atoms with Gasteiger partial charge in [0.2, 0.25) is 0 Å². The van der Waals surface area contributed by atoms with Gasteiger partial charge in [-0.1, -0.05) is 6.07 Å².